The van der Waals surface area contributed by atoms with Gasteiger partial charge in [-0.05, 0) is 49.9 Å². The summed E-state index contributed by atoms with van der Waals surface area (Å²) in [5, 5.41) is 28.0. The van der Waals surface area contributed by atoms with Crippen molar-refractivity contribution in [3.8, 4) is 0 Å². The molecule has 0 aromatic rings. The summed E-state index contributed by atoms with van der Waals surface area (Å²) in [6.45, 7) is 7.18. The summed E-state index contributed by atoms with van der Waals surface area (Å²) in [4.78, 5) is 0. The van der Waals surface area contributed by atoms with Crippen LogP contribution in [0.3, 0.4) is 0 Å². The van der Waals surface area contributed by atoms with Crippen molar-refractivity contribution in [3.63, 3.8) is 0 Å². The molecule has 3 nitrogen and oxygen atoms in total. The monoisotopic (exact) mass is 302 g/mol. The van der Waals surface area contributed by atoms with E-state index in [9.17, 15) is 5.11 Å². The Morgan fingerprint density at radius 2 is 1.43 bits per heavy atom. The third-order valence-corrected chi connectivity index (χ3v) is 4.64. The van der Waals surface area contributed by atoms with Gasteiger partial charge in [-0.2, -0.15) is 0 Å². The lowest BCUT2D eigenvalue weighted by Crippen LogP contribution is -2.14. The highest BCUT2D eigenvalue weighted by Gasteiger charge is 2.17. The van der Waals surface area contributed by atoms with Crippen molar-refractivity contribution in [2.75, 3.05) is 13.2 Å². The Morgan fingerprint density at radius 1 is 0.857 bits per heavy atom. The molecule has 1 unspecified atom stereocenters. The number of rotatable bonds is 14. The van der Waals surface area contributed by atoms with Crippen molar-refractivity contribution in [3.05, 3.63) is 0 Å². The van der Waals surface area contributed by atoms with Gasteiger partial charge >= 0.3 is 0 Å². The van der Waals surface area contributed by atoms with E-state index < -0.39 is 0 Å². The fourth-order valence-corrected chi connectivity index (χ4v) is 2.88. The third kappa shape index (κ3) is 12.1. The van der Waals surface area contributed by atoms with Crippen LogP contribution in [0.2, 0.25) is 0 Å². The van der Waals surface area contributed by atoms with Crippen LogP contribution in [-0.4, -0.2) is 34.6 Å². The van der Waals surface area contributed by atoms with E-state index in [1.807, 2.05) is 0 Å². The second-order valence-corrected chi connectivity index (χ2v) is 7.28. The van der Waals surface area contributed by atoms with E-state index in [1.54, 1.807) is 0 Å². The molecule has 128 valence electrons. The molecule has 0 aliphatic heterocycles. The van der Waals surface area contributed by atoms with Gasteiger partial charge in [0.2, 0.25) is 0 Å². The molecule has 0 heterocycles. The van der Waals surface area contributed by atoms with E-state index in [-0.39, 0.29) is 18.1 Å². The quantitative estimate of drug-likeness (QED) is 0.427. The largest absolute Gasteiger partial charge is 0.396 e. The first-order valence-corrected chi connectivity index (χ1v) is 8.85. The normalized spacial score (nSPS) is 15.1. The number of aliphatic hydroxyl groups is 3. The lowest BCUT2D eigenvalue weighted by Gasteiger charge is -2.24. The molecule has 21 heavy (non-hydrogen) atoms. The zero-order valence-corrected chi connectivity index (χ0v) is 14.5. The van der Waals surface area contributed by atoms with Gasteiger partial charge < -0.3 is 15.3 Å². The Balaban J connectivity index is 3.60. The molecule has 0 aliphatic rings. The van der Waals surface area contributed by atoms with E-state index in [0.717, 1.165) is 64.2 Å². The van der Waals surface area contributed by atoms with Crippen molar-refractivity contribution >= 4 is 0 Å². The predicted octanol–water partition coefficient (Wildman–Crippen LogP) is 3.90. The highest BCUT2D eigenvalue weighted by molar-refractivity contribution is 4.70. The summed E-state index contributed by atoms with van der Waals surface area (Å²) in [7, 11) is 0. The molecule has 0 rings (SSSR count). The first-order valence-electron chi connectivity index (χ1n) is 8.85. The van der Waals surface area contributed by atoms with Crippen molar-refractivity contribution in [1.82, 2.24) is 0 Å². The molecule has 0 aromatic carbocycles. The summed E-state index contributed by atoms with van der Waals surface area (Å²) >= 11 is 0. The minimum absolute atomic E-state index is 0.173. The fourth-order valence-electron chi connectivity index (χ4n) is 2.88. The first kappa shape index (κ1) is 20.9. The van der Waals surface area contributed by atoms with Gasteiger partial charge in [0.1, 0.15) is 0 Å². The Hall–Kier alpha value is -0.120. The smallest absolute Gasteiger partial charge is 0.0540 e. The summed E-state index contributed by atoms with van der Waals surface area (Å²) < 4.78 is 0. The van der Waals surface area contributed by atoms with E-state index in [1.165, 1.54) is 0 Å². The van der Waals surface area contributed by atoms with Crippen LogP contribution in [0.1, 0.15) is 85.0 Å². The summed E-state index contributed by atoms with van der Waals surface area (Å²) in [5.41, 5.74) is 0.276. The van der Waals surface area contributed by atoms with Gasteiger partial charge in [-0.3, -0.25) is 0 Å². The number of aliphatic hydroxyl groups excluding tert-OH is 3. The van der Waals surface area contributed by atoms with Crippen molar-refractivity contribution in [2.24, 2.45) is 11.3 Å². The van der Waals surface area contributed by atoms with Crippen LogP contribution in [0.25, 0.3) is 0 Å². The lowest BCUT2D eigenvalue weighted by atomic mass is 9.82. The molecule has 2 atom stereocenters. The van der Waals surface area contributed by atoms with Gasteiger partial charge in [0.05, 0.1) is 6.10 Å². The van der Waals surface area contributed by atoms with Gasteiger partial charge in [0.25, 0.3) is 0 Å². The predicted molar refractivity (Wildman–Crippen MR) is 89.3 cm³/mol. The molecule has 3 heteroatoms. The molecule has 0 bridgehead atoms. The second-order valence-electron chi connectivity index (χ2n) is 7.28. The first-order chi connectivity index (χ1) is 9.95. The number of hydrogen-bond donors (Lipinski definition) is 3. The van der Waals surface area contributed by atoms with Crippen LogP contribution in [0.5, 0.6) is 0 Å². The maximum absolute atomic E-state index is 10.0. The highest BCUT2D eigenvalue weighted by Crippen LogP contribution is 2.29. The molecular formula is C18H38O3. The maximum atomic E-state index is 10.0. The minimum atomic E-state index is -0.173. The van der Waals surface area contributed by atoms with Gasteiger partial charge in [-0.15, -0.1) is 0 Å². The van der Waals surface area contributed by atoms with E-state index in [0.29, 0.717) is 12.5 Å². The summed E-state index contributed by atoms with van der Waals surface area (Å²) in [6, 6.07) is 0. The summed E-state index contributed by atoms with van der Waals surface area (Å²) in [6.07, 6.45) is 10.0. The Bertz CT molecular complexity index is 225. The molecule has 0 saturated carbocycles. The molecule has 0 fully saturated rings. The van der Waals surface area contributed by atoms with Crippen LogP contribution in [0.15, 0.2) is 0 Å². The van der Waals surface area contributed by atoms with E-state index in [4.69, 9.17) is 10.2 Å². The van der Waals surface area contributed by atoms with Crippen molar-refractivity contribution in [2.45, 2.75) is 91.1 Å². The lowest BCUT2D eigenvalue weighted by molar-refractivity contribution is 0.137. The Labute approximate surface area is 131 Å². The molecule has 0 amide bonds. The van der Waals surface area contributed by atoms with Crippen LogP contribution in [-0.2, 0) is 0 Å². The van der Waals surface area contributed by atoms with Gasteiger partial charge in [0.15, 0.2) is 0 Å². The van der Waals surface area contributed by atoms with Crippen LogP contribution in [0, 0.1) is 11.3 Å². The number of hydrogen-bond acceptors (Lipinski definition) is 3. The zero-order chi connectivity index (χ0) is 16.1. The van der Waals surface area contributed by atoms with Crippen molar-refractivity contribution < 1.29 is 15.3 Å². The molecule has 0 aliphatic carbocycles. The molecule has 0 saturated heterocycles. The molecular weight excluding hydrogens is 264 g/mol. The van der Waals surface area contributed by atoms with Crippen molar-refractivity contribution in [1.29, 1.82) is 0 Å². The Morgan fingerprint density at radius 3 is 2.00 bits per heavy atom. The molecule has 0 spiro atoms. The fraction of sp³-hybridized carbons (Fsp3) is 1.00. The van der Waals surface area contributed by atoms with Crippen LogP contribution < -0.4 is 0 Å². The topological polar surface area (TPSA) is 60.7 Å². The SMILES string of the molecule is CCC(CO)CCCC[C@@H](O)CCCC(C)(C)CCCO. The zero-order valence-electron chi connectivity index (χ0n) is 14.5. The molecule has 3 N–H and O–H groups in total. The standard InChI is InChI=1S/C18H38O3/c1-4-16(15-20)9-5-6-10-17(21)11-7-12-18(2,3)13-8-14-19/h16-17,19-21H,4-15H2,1-3H3/t16?,17-/m1/s1. The van der Waals surface area contributed by atoms with Gasteiger partial charge in [-0.1, -0.05) is 46.5 Å². The van der Waals surface area contributed by atoms with Gasteiger partial charge in [0, 0.05) is 13.2 Å². The van der Waals surface area contributed by atoms with E-state index >= 15 is 0 Å². The maximum Gasteiger partial charge on any atom is 0.0540 e. The van der Waals surface area contributed by atoms with Crippen LogP contribution >= 0.6 is 0 Å². The Kier molecular flexibility index (Phi) is 12.4. The molecule has 0 aromatic heterocycles. The minimum Gasteiger partial charge on any atom is -0.396 e. The third-order valence-electron chi connectivity index (χ3n) is 4.64. The summed E-state index contributed by atoms with van der Waals surface area (Å²) in [5.74, 6) is 0.439. The average Bonchev–Trinajstić information content (AvgIpc) is 2.45. The number of unbranched alkanes of at least 4 members (excludes halogenated alkanes) is 1. The average molecular weight is 302 g/mol. The second kappa shape index (κ2) is 12.4. The molecule has 0 radical (unpaired) electrons. The van der Waals surface area contributed by atoms with Crippen LogP contribution in [0.4, 0.5) is 0 Å². The highest BCUT2D eigenvalue weighted by atomic mass is 16.3. The van der Waals surface area contributed by atoms with E-state index in [2.05, 4.69) is 20.8 Å². The van der Waals surface area contributed by atoms with Gasteiger partial charge in [-0.25, -0.2) is 0 Å².